The van der Waals surface area contributed by atoms with Gasteiger partial charge in [-0.2, -0.15) is 0 Å². The number of nitrogens with one attached hydrogen (secondary N) is 2. The Morgan fingerprint density at radius 3 is 2.78 bits per heavy atom. The van der Waals surface area contributed by atoms with Gasteiger partial charge in [-0.25, -0.2) is 4.98 Å². The van der Waals surface area contributed by atoms with Gasteiger partial charge < -0.3 is 20.1 Å². The standard InChI is InChI=1S/C20H28N4O2S/c1-6-25-17-8-15-7-12(2)26-18(15)9-16(17)10-22-20(21-5)23-11-19-13(3)24-14(4)27-19/h8-9,12H,6-7,10-11H2,1-5H3,(H2,21,22,23). The molecule has 27 heavy (non-hydrogen) atoms. The van der Waals surface area contributed by atoms with Crippen LogP contribution in [0.2, 0.25) is 0 Å². The Morgan fingerprint density at radius 1 is 1.33 bits per heavy atom. The summed E-state index contributed by atoms with van der Waals surface area (Å²) in [4.78, 5) is 10.0. The van der Waals surface area contributed by atoms with Crippen molar-refractivity contribution in [3.63, 3.8) is 0 Å². The molecule has 0 bridgehead atoms. The highest BCUT2D eigenvalue weighted by Gasteiger charge is 2.22. The second kappa shape index (κ2) is 8.61. The minimum Gasteiger partial charge on any atom is -0.494 e. The van der Waals surface area contributed by atoms with Gasteiger partial charge in [0.15, 0.2) is 5.96 Å². The van der Waals surface area contributed by atoms with Gasteiger partial charge >= 0.3 is 0 Å². The number of hydrogen-bond donors (Lipinski definition) is 2. The van der Waals surface area contributed by atoms with Gasteiger partial charge in [-0.1, -0.05) is 0 Å². The molecular weight excluding hydrogens is 360 g/mol. The molecule has 0 spiro atoms. The predicted molar refractivity (Wildman–Crippen MR) is 110 cm³/mol. The molecule has 2 heterocycles. The first kappa shape index (κ1) is 19.5. The molecule has 1 aromatic heterocycles. The molecule has 6 nitrogen and oxygen atoms in total. The van der Waals surface area contributed by atoms with Gasteiger partial charge in [0, 0.05) is 36.0 Å². The van der Waals surface area contributed by atoms with E-state index >= 15 is 0 Å². The number of aromatic nitrogens is 1. The van der Waals surface area contributed by atoms with Crippen LogP contribution in [0.1, 0.15) is 40.6 Å². The predicted octanol–water partition coefficient (Wildman–Crippen LogP) is 3.35. The average molecular weight is 389 g/mol. The molecule has 1 aliphatic rings. The van der Waals surface area contributed by atoms with Gasteiger partial charge in [-0.15, -0.1) is 11.3 Å². The number of thiazole rings is 1. The molecule has 1 unspecified atom stereocenters. The molecule has 2 N–H and O–H groups in total. The summed E-state index contributed by atoms with van der Waals surface area (Å²) in [6.45, 7) is 10.1. The van der Waals surface area contributed by atoms with Crippen LogP contribution in [0.25, 0.3) is 0 Å². The van der Waals surface area contributed by atoms with E-state index in [1.807, 2.05) is 20.8 Å². The molecule has 0 saturated heterocycles. The monoisotopic (exact) mass is 388 g/mol. The average Bonchev–Trinajstić information content (AvgIpc) is 3.15. The third kappa shape index (κ3) is 4.71. The Bertz CT molecular complexity index is 832. The van der Waals surface area contributed by atoms with Crippen LogP contribution >= 0.6 is 11.3 Å². The fourth-order valence-electron chi connectivity index (χ4n) is 3.21. The van der Waals surface area contributed by atoms with Crippen molar-refractivity contribution in [2.75, 3.05) is 13.7 Å². The first-order valence-corrected chi connectivity index (χ1v) is 10.1. The quantitative estimate of drug-likeness (QED) is 0.587. The maximum atomic E-state index is 5.90. The molecule has 0 saturated carbocycles. The van der Waals surface area contributed by atoms with Gasteiger partial charge in [0.2, 0.25) is 0 Å². The van der Waals surface area contributed by atoms with E-state index in [1.165, 1.54) is 10.4 Å². The summed E-state index contributed by atoms with van der Waals surface area (Å²) in [5.41, 5.74) is 3.36. The van der Waals surface area contributed by atoms with Crippen LogP contribution in [0.4, 0.5) is 0 Å². The summed E-state index contributed by atoms with van der Waals surface area (Å²) >= 11 is 1.71. The topological polar surface area (TPSA) is 67.8 Å². The second-order valence-corrected chi connectivity index (χ2v) is 7.94. The number of aryl methyl sites for hydroxylation is 2. The van der Waals surface area contributed by atoms with E-state index in [2.05, 4.69) is 39.7 Å². The van der Waals surface area contributed by atoms with E-state index in [4.69, 9.17) is 9.47 Å². The normalized spacial score (nSPS) is 16.0. The Labute approximate surface area is 165 Å². The van der Waals surface area contributed by atoms with Gasteiger partial charge in [0.05, 0.1) is 23.9 Å². The van der Waals surface area contributed by atoms with Crippen LogP contribution < -0.4 is 20.1 Å². The molecule has 1 aliphatic heterocycles. The zero-order chi connectivity index (χ0) is 19.4. The summed E-state index contributed by atoms with van der Waals surface area (Å²) in [5.74, 6) is 2.62. The first-order valence-electron chi connectivity index (χ1n) is 9.32. The lowest BCUT2D eigenvalue weighted by Gasteiger charge is -2.15. The Balaban J connectivity index is 1.65. The number of nitrogens with zero attached hydrogens (tertiary/aromatic N) is 2. The number of guanidine groups is 1. The van der Waals surface area contributed by atoms with Crippen molar-refractivity contribution in [2.45, 2.75) is 53.3 Å². The molecule has 0 fully saturated rings. The third-order valence-corrected chi connectivity index (χ3v) is 5.54. The van der Waals surface area contributed by atoms with Gasteiger partial charge in [0.1, 0.15) is 17.6 Å². The number of rotatable bonds is 6. The molecular formula is C20H28N4O2S. The lowest BCUT2D eigenvalue weighted by molar-refractivity contribution is 0.254. The Morgan fingerprint density at radius 2 is 2.11 bits per heavy atom. The molecule has 2 aromatic rings. The number of ether oxygens (including phenoxy) is 2. The van der Waals surface area contributed by atoms with E-state index in [-0.39, 0.29) is 6.10 Å². The van der Waals surface area contributed by atoms with Crippen LogP contribution in [0, 0.1) is 13.8 Å². The van der Waals surface area contributed by atoms with E-state index in [0.717, 1.165) is 40.1 Å². The molecule has 1 aromatic carbocycles. The smallest absolute Gasteiger partial charge is 0.191 e. The van der Waals surface area contributed by atoms with Crippen LogP contribution in [-0.4, -0.2) is 30.7 Å². The van der Waals surface area contributed by atoms with Crippen molar-refractivity contribution >= 4 is 17.3 Å². The summed E-state index contributed by atoms with van der Waals surface area (Å²) in [6.07, 6.45) is 1.15. The molecule has 1 atom stereocenters. The second-order valence-electron chi connectivity index (χ2n) is 6.65. The highest BCUT2D eigenvalue weighted by molar-refractivity contribution is 7.11. The lowest BCUT2D eigenvalue weighted by atomic mass is 10.1. The van der Waals surface area contributed by atoms with Crippen molar-refractivity contribution in [3.05, 3.63) is 38.8 Å². The van der Waals surface area contributed by atoms with Crippen LogP contribution in [0.5, 0.6) is 11.5 Å². The number of fused-ring (bicyclic) bond motifs is 1. The largest absolute Gasteiger partial charge is 0.494 e. The Kier molecular flexibility index (Phi) is 6.21. The van der Waals surface area contributed by atoms with Gasteiger partial charge in [-0.3, -0.25) is 4.99 Å². The van der Waals surface area contributed by atoms with Gasteiger partial charge in [-0.05, 0) is 39.8 Å². The summed E-state index contributed by atoms with van der Waals surface area (Å²) in [6, 6.07) is 4.19. The van der Waals surface area contributed by atoms with E-state index in [9.17, 15) is 0 Å². The molecule has 0 amide bonds. The Hall–Kier alpha value is -2.28. The zero-order valence-electron chi connectivity index (χ0n) is 16.7. The highest BCUT2D eigenvalue weighted by atomic mass is 32.1. The molecule has 3 rings (SSSR count). The maximum Gasteiger partial charge on any atom is 0.191 e. The SMILES string of the molecule is CCOc1cc2c(cc1CNC(=NC)NCc1sc(C)nc1C)OC(C)C2. The van der Waals surface area contributed by atoms with Crippen LogP contribution in [0.3, 0.4) is 0 Å². The van der Waals surface area contributed by atoms with Crippen LogP contribution in [-0.2, 0) is 19.5 Å². The number of hydrogen-bond acceptors (Lipinski definition) is 5. The van der Waals surface area contributed by atoms with E-state index < -0.39 is 0 Å². The van der Waals surface area contributed by atoms with Crippen molar-refractivity contribution in [1.29, 1.82) is 0 Å². The number of aliphatic imine (C=N–C) groups is 1. The van der Waals surface area contributed by atoms with E-state index in [1.54, 1.807) is 18.4 Å². The minimum atomic E-state index is 0.221. The van der Waals surface area contributed by atoms with Crippen molar-refractivity contribution in [1.82, 2.24) is 15.6 Å². The molecule has 0 aliphatic carbocycles. The summed E-state index contributed by atoms with van der Waals surface area (Å²) < 4.78 is 11.7. The summed E-state index contributed by atoms with van der Waals surface area (Å²) in [7, 11) is 1.77. The summed E-state index contributed by atoms with van der Waals surface area (Å²) in [5, 5.41) is 7.81. The number of benzene rings is 1. The first-order chi connectivity index (χ1) is 13.0. The maximum absolute atomic E-state index is 5.90. The van der Waals surface area contributed by atoms with Crippen molar-refractivity contribution in [3.8, 4) is 11.5 Å². The fraction of sp³-hybridized carbons (Fsp3) is 0.500. The molecule has 7 heteroatoms. The van der Waals surface area contributed by atoms with Crippen molar-refractivity contribution < 1.29 is 9.47 Å². The van der Waals surface area contributed by atoms with Gasteiger partial charge in [0.25, 0.3) is 0 Å². The lowest BCUT2D eigenvalue weighted by Crippen LogP contribution is -2.36. The third-order valence-electron chi connectivity index (χ3n) is 4.46. The zero-order valence-corrected chi connectivity index (χ0v) is 17.5. The molecule has 0 radical (unpaired) electrons. The van der Waals surface area contributed by atoms with Crippen molar-refractivity contribution in [2.24, 2.45) is 4.99 Å². The highest BCUT2D eigenvalue weighted by Crippen LogP contribution is 2.35. The van der Waals surface area contributed by atoms with Crippen LogP contribution in [0.15, 0.2) is 17.1 Å². The molecule has 146 valence electrons. The minimum absolute atomic E-state index is 0.221. The van der Waals surface area contributed by atoms with E-state index in [0.29, 0.717) is 19.7 Å². The fourth-order valence-corrected chi connectivity index (χ4v) is 4.09.